The Morgan fingerprint density at radius 3 is 2.55 bits per heavy atom. The summed E-state index contributed by atoms with van der Waals surface area (Å²) in [6, 6.07) is 5.21. The highest BCUT2D eigenvalue weighted by Gasteiger charge is 2.31. The van der Waals surface area contributed by atoms with Crippen LogP contribution in [0.25, 0.3) is 0 Å². The Balaban J connectivity index is 2.15. The number of nitrogens with two attached hydrogens (primary N) is 1. The average molecular weight is 297 g/mol. The van der Waals surface area contributed by atoms with Crippen molar-refractivity contribution in [1.29, 1.82) is 0 Å². The Bertz CT molecular complexity index is 596. The fourth-order valence-electron chi connectivity index (χ4n) is 2.74. The summed E-state index contributed by atoms with van der Waals surface area (Å²) in [4.78, 5) is 0.190. The van der Waals surface area contributed by atoms with Crippen molar-refractivity contribution in [3.63, 3.8) is 0 Å². The number of hydrogen-bond donors (Lipinski definition) is 3. The normalized spacial score (nSPS) is 21.9. The SMILES string of the molecule is CNS(=O)(=O)c1ccc(NC2CCC(C)(C)C2)c(N)c1. The van der Waals surface area contributed by atoms with Crippen LogP contribution in [-0.4, -0.2) is 21.5 Å². The van der Waals surface area contributed by atoms with E-state index < -0.39 is 10.0 Å². The highest BCUT2D eigenvalue weighted by molar-refractivity contribution is 7.89. The molecule has 1 atom stereocenters. The van der Waals surface area contributed by atoms with Crippen LogP contribution in [0.3, 0.4) is 0 Å². The fraction of sp³-hybridized carbons (Fsp3) is 0.571. The van der Waals surface area contributed by atoms with Gasteiger partial charge < -0.3 is 11.1 Å². The first-order valence-electron chi connectivity index (χ1n) is 6.83. The summed E-state index contributed by atoms with van der Waals surface area (Å²) in [7, 11) is -2.05. The van der Waals surface area contributed by atoms with E-state index in [1.807, 2.05) is 0 Å². The van der Waals surface area contributed by atoms with Crippen molar-refractivity contribution in [2.24, 2.45) is 5.41 Å². The Morgan fingerprint density at radius 1 is 1.35 bits per heavy atom. The lowest BCUT2D eigenvalue weighted by Gasteiger charge is -2.19. The molecule has 1 aromatic rings. The van der Waals surface area contributed by atoms with Crippen molar-refractivity contribution >= 4 is 21.4 Å². The molecule has 0 aliphatic heterocycles. The molecular formula is C14H23N3O2S. The van der Waals surface area contributed by atoms with Crippen molar-refractivity contribution in [1.82, 2.24) is 4.72 Å². The summed E-state index contributed by atoms with van der Waals surface area (Å²) in [5, 5.41) is 3.42. The second-order valence-corrected chi connectivity index (χ2v) is 8.09. The van der Waals surface area contributed by atoms with Crippen LogP contribution in [0.4, 0.5) is 11.4 Å². The first kappa shape index (κ1) is 15.1. The third-order valence-electron chi connectivity index (χ3n) is 3.93. The molecule has 6 heteroatoms. The molecule has 5 nitrogen and oxygen atoms in total. The molecule has 4 N–H and O–H groups in total. The molecule has 1 aliphatic rings. The van der Waals surface area contributed by atoms with Crippen molar-refractivity contribution in [2.75, 3.05) is 18.1 Å². The molecule has 1 fully saturated rings. The van der Waals surface area contributed by atoms with Crippen LogP contribution in [0.2, 0.25) is 0 Å². The molecule has 1 unspecified atom stereocenters. The van der Waals surface area contributed by atoms with Crippen molar-refractivity contribution in [2.45, 2.75) is 44.0 Å². The Labute approximate surface area is 121 Å². The van der Waals surface area contributed by atoms with E-state index >= 15 is 0 Å². The Kier molecular flexibility index (Phi) is 3.97. The van der Waals surface area contributed by atoms with Gasteiger partial charge in [-0.1, -0.05) is 13.8 Å². The van der Waals surface area contributed by atoms with Crippen LogP contribution < -0.4 is 15.8 Å². The average Bonchev–Trinajstić information content (AvgIpc) is 2.71. The molecule has 1 aromatic carbocycles. The maximum atomic E-state index is 11.7. The lowest BCUT2D eigenvalue weighted by atomic mass is 9.92. The van der Waals surface area contributed by atoms with Crippen LogP contribution in [0.5, 0.6) is 0 Å². The molecule has 20 heavy (non-hydrogen) atoms. The number of sulfonamides is 1. The molecule has 0 spiro atoms. The van der Waals surface area contributed by atoms with Gasteiger partial charge in [-0.05, 0) is 49.9 Å². The number of rotatable bonds is 4. The second kappa shape index (κ2) is 5.26. The van der Waals surface area contributed by atoms with E-state index in [9.17, 15) is 8.42 Å². The maximum Gasteiger partial charge on any atom is 0.240 e. The van der Waals surface area contributed by atoms with E-state index in [1.54, 1.807) is 12.1 Å². The van der Waals surface area contributed by atoms with E-state index in [0.29, 0.717) is 17.1 Å². The molecule has 1 aliphatic carbocycles. The van der Waals surface area contributed by atoms with Crippen LogP contribution in [-0.2, 0) is 10.0 Å². The van der Waals surface area contributed by atoms with Crippen molar-refractivity contribution < 1.29 is 8.42 Å². The number of benzene rings is 1. The van der Waals surface area contributed by atoms with E-state index in [1.165, 1.54) is 19.5 Å². The third kappa shape index (κ3) is 3.24. The number of nitrogen functional groups attached to an aromatic ring is 1. The standard InChI is InChI=1S/C14H23N3O2S/c1-14(2)7-6-10(9-14)17-13-5-4-11(8-12(13)15)20(18,19)16-3/h4-5,8,10,16-17H,6-7,9,15H2,1-3H3. The molecular weight excluding hydrogens is 274 g/mol. The second-order valence-electron chi connectivity index (χ2n) is 6.20. The zero-order valence-electron chi connectivity index (χ0n) is 12.2. The minimum atomic E-state index is -3.44. The third-order valence-corrected chi connectivity index (χ3v) is 5.34. The Hall–Kier alpha value is -1.27. The molecule has 0 amide bonds. The van der Waals surface area contributed by atoms with E-state index in [2.05, 4.69) is 23.9 Å². The number of hydrogen-bond acceptors (Lipinski definition) is 4. The van der Waals surface area contributed by atoms with Gasteiger partial charge in [0.2, 0.25) is 10.0 Å². The Morgan fingerprint density at radius 2 is 2.05 bits per heavy atom. The quantitative estimate of drug-likeness (QED) is 0.744. The predicted molar refractivity (Wildman–Crippen MR) is 82.1 cm³/mol. The monoisotopic (exact) mass is 297 g/mol. The summed E-state index contributed by atoms with van der Waals surface area (Å²) in [5.74, 6) is 0. The summed E-state index contributed by atoms with van der Waals surface area (Å²) in [6.07, 6.45) is 3.41. The maximum absolute atomic E-state index is 11.7. The highest BCUT2D eigenvalue weighted by atomic mass is 32.2. The zero-order valence-corrected chi connectivity index (χ0v) is 13.0. The highest BCUT2D eigenvalue weighted by Crippen LogP contribution is 2.39. The van der Waals surface area contributed by atoms with Crippen LogP contribution >= 0.6 is 0 Å². The first-order valence-corrected chi connectivity index (χ1v) is 8.31. The molecule has 0 radical (unpaired) electrons. The van der Waals surface area contributed by atoms with Crippen LogP contribution in [0, 0.1) is 5.41 Å². The minimum absolute atomic E-state index is 0.190. The van der Waals surface area contributed by atoms with Gasteiger partial charge in [-0.15, -0.1) is 0 Å². The van der Waals surface area contributed by atoms with Crippen molar-refractivity contribution in [3.8, 4) is 0 Å². The van der Waals surface area contributed by atoms with Crippen molar-refractivity contribution in [3.05, 3.63) is 18.2 Å². The molecule has 0 heterocycles. The van der Waals surface area contributed by atoms with Gasteiger partial charge in [-0.2, -0.15) is 0 Å². The molecule has 2 rings (SSSR count). The van der Waals surface area contributed by atoms with Crippen LogP contribution in [0.1, 0.15) is 33.1 Å². The summed E-state index contributed by atoms with van der Waals surface area (Å²) < 4.78 is 25.7. The number of nitrogens with one attached hydrogen (secondary N) is 2. The molecule has 0 bridgehead atoms. The minimum Gasteiger partial charge on any atom is -0.397 e. The molecule has 112 valence electrons. The topological polar surface area (TPSA) is 84.2 Å². The molecule has 1 saturated carbocycles. The van der Waals surface area contributed by atoms with Gasteiger partial charge in [0.1, 0.15) is 0 Å². The van der Waals surface area contributed by atoms with Gasteiger partial charge in [0, 0.05) is 6.04 Å². The van der Waals surface area contributed by atoms with Gasteiger partial charge >= 0.3 is 0 Å². The zero-order chi connectivity index (χ0) is 15.0. The van der Waals surface area contributed by atoms with Gasteiger partial charge in [0.05, 0.1) is 16.3 Å². The van der Waals surface area contributed by atoms with Crippen LogP contribution in [0.15, 0.2) is 23.1 Å². The molecule has 0 saturated heterocycles. The van der Waals surface area contributed by atoms with Gasteiger partial charge in [-0.25, -0.2) is 13.1 Å². The van der Waals surface area contributed by atoms with E-state index in [-0.39, 0.29) is 4.90 Å². The van der Waals surface area contributed by atoms with Gasteiger partial charge in [-0.3, -0.25) is 0 Å². The fourth-order valence-corrected chi connectivity index (χ4v) is 3.50. The lowest BCUT2D eigenvalue weighted by molar-refractivity contribution is 0.378. The molecule has 0 aromatic heterocycles. The lowest BCUT2D eigenvalue weighted by Crippen LogP contribution is -2.20. The summed E-state index contributed by atoms with van der Waals surface area (Å²) >= 11 is 0. The predicted octanol–water partition coefficient (Wildman–Crippen LogP) is 2.17. The van der Waals surface area contributed by atoms with Gasteiger partial charge in [0.15, 0.2) is 0 Å². The van der Waals surface area contributed by atoms with E-state index in [4.69, 9.17) is 5.73 Å². The number of anilines is 2. The first-order chi connectivity index (χ1) is 9.23. The summed E-state index contributed by atoms with van der Waals surface area (Å²) in [5.41, 5.74) is 7.60. The smallest absolute Gasteiger partial charge is 0.240 e. The van der Waals surface area contributed by atoms with Gasteiger partial charge in [0.25, 0.3) is 0 Å². The largest absolute Gasteiger partial charge is 0.397 e. The van der Waals surface area contributed by atoms with E-state index in [0.717, 1.165) is 18.5 Å². The summed E-state index contributed by atoms with van der Waals surface area (Å²) in [6.45, 7) is 4.53.